The molecule has 0 aliphatic carbocycles. The highest BCUT2D eigenvalue weighted by molar-refractivity contribution is 5.83. The van der Waals surface area contributed by atoms with E-state index in [0.717, 1.165) is 11.1 Å². The Bertz CT molecular complexity index is 1100. The van der Waals surface area contributed by atoms with Crippen LogP contribution in [0.15, 0.2) is 85.0 Å². The quantitative estimate of drug-likeness (QED) is 0.186. The molecule has 1 N–H and O–H groups in total. The number of benzene rings is 2. The van der Waals surface area contributed by atoms with E-state index in [1.807, 2.05) is 60.7 Å². The molecule has 0 spiro atoms. The van der Waals surface area contributed by atoms with E-state index in [-0.39, 0.29) is 19.6 Å². The first kappa shape index (κ1) is 32.4. The number of hydrogen-bond donors (Lipinski definition) is 1. The minimum absolute atomic E-state index is 0.0765. The number of aliphatic hydroxyl groups is 1. The van der Waals surface area contributed by atoms with E-state index in [1.54, 1.807) is 20.8 Å². The maximum absolute atomic E-state index is 12.6. The van der Waals surface area contributed by atoms with Gasteiger partial charge < -0.3 is 28.8 Å². The Labute approximate surface area is 235 Å². The fraction of sp³-hybridized carbons (Fsp3) is 0.387. The average Bonchev–Trinajstić information content (AvgIpc) is 2.93. The zero-order valence-electron chi connectivity index (χ0n) is 23.3. The summed E-state index contributed by atoms with van der Waals surface area (Å²) in [5.74, 6) is -1.85. The molecule has 9 nitrogen and oxygen atoms in total. The average molecular weight is 555 g/mol. The number of carbonyl (C=O) groups is 3. The van der Waals surface area contributed by atoms with Crippen LogP contribution in [0.5, 0.6) is 0 Å². The number of hydrogen-bond acceptors (Lipinski definition) is 9. The molecular weight excluding hydrogens is 516 g/mol. The lowest BCUT2D eigenvalue weighted by Crippen LogP contribution is -2.30. The van der Waals surface area contributed by atoms with Gasteiger partial charge in [-0.15, -0.1) is 0 Å². The molecule has 5 atom stereocenters. The van der Waals surface area contributed by atoms with Crippen LogP contribution in [0.3, 0.4) is 0 Å². The second-order valence-corrected chi connectivity index (χ2v) is 9.15. The second-order valence-electron chi connectivity index (χ2n) is 9.15. The van der Waals surface area contributed by atoms with E-state index < -0.39 is 48.4 Å². The van der Waals surface area contributed by atoms with Gasteiger partial charge in [0.2, 0.25) is 0 Å². The Morgan fingerprint density at radius 3 is 1.73 bits per heavy atom. The number of ether oxygens (including phenoxy) is 5. The summed E-state index contributed by atoms with van der Waals surface area (Å²) in [5.41, 5.74) is 1.82. The lowest BCUT2D eigenvalue weighted by Gasteiger charge is -2.22. The van der Waals surface area contributed by atoms with Crippen LogP contribution >= 0.6 is 0 Å². The highest BCUT2D eigenvalue weighted by Crippen LogP contribution is 2.13. The SMILES string of the molecule is COC(=O)C[C@H](C)OC(=O)/C=C/[C@@H](OCc1ccccc1)[C@H](C)OC(=O)/C=C/[C@@H](OCc1ccccc1)[C@H](C)O. The molecule has 0 amide bonds. The number of aliphatic hydroxyl groups excluding tert-OH is 1. The molecule has 0 saturated heterocycles. The van der Waals surface area contributed by atoms with Crippen LogP contribution in [0.1, 0.15) is 38.3 Å². The Morgan fingerprint density at radius 2 is 1.23 bits per heavy atom. The first-order valence-corrected chi connectivity index (χ1v) is 13.0. The summed E-state index contributed by atoms with van der Waals surface area (Å²) in [6.07, 6.45) is 1.34. The summed E-state index contributed by atoms with van der Waals surface area (Å²) in [7, 11) is 1.26. The predicted molar refractivity (Wildman–Crippen MR) is 148 cm³/mol. The molecule has 9 heteroatoms. The van der Waals surface area contributed by atoms with E-state index in [0.29, 0.717) is 0 Å². The van der Waals surface area contributed by atoms with E-state index in [1.165, 1.54) is 31.4 Å². The molecule has 40 heavy (non-hydrogen) atoms. The Balaban J connectivity index is 2.01. The highest BCUT2D eigenvalue weighted by Gasteiger charge is 2.21. The van der Waals surface area contributed by atoms with Gasteiger partial charge >= 0.3 is 17.9 Å². The van der Waals surface area contributed by atoms with Gasteiger partial charge in [0.05, 0.1) is 32.8 Å². The summed E-state index contributed by atoms with van der Waals surface area (Å²) in [6.45, 7) is 5.25. The molecule has 2 aromatic rings. The smallest absolute Gasteiger partial charge is 0.330 e. The van der Waals surface area contributed by atoms with Crippen LogP contribution in [0.2, 0.25) is 0 Å². The molecule has 0 aliphatic rings. The van der Waals surface area contributed by atoms with Crippen LogP contribution in [0.25, 0.3) is 0 Å². The van der Waals surface area contributed by atoms with Gasteiger partial charge in [-0.3, -0.25) is 4.79 Å². The largest absolute Gasteiger partial charge is 0.469 e. The molecule has 0 unspecified atom stereocenters. The third kappa shape index (κ3) is 12.8. The normalized spacial score (nSPS) is 15.2. The first-order valence-electron chi connectivity index (χ1n) is 13.0. The second kappa shape index (κ2) is 17.7. The van der Waals surface area contributed by atoms with Crippen LogP contribution < -0.4 is 0 Å². The Hall–Kier alpha value is -3.79. The minimum Gasteiger partial charge on any atom is -0.469 e. The molecule has 0 saturated carbocycles. The van der Waals surface area contributed by atoms with E-state index in [4.69, 9.17) is 18.9 Å². The fourth-order valence-corrected chi connectivity index (χ4v) is 3.47. The van der Waals surface area contributed by atoms with Gasteiger partial charge in [0.25, 0.3) is 0 Å². The van der Waals surface area contributed by atoms with Gasteiger partial charge in [-0.25, -0.2) is 9.59 Å². The molecule has 0 aliphatic heterocycles. The molecule has 0 bridgehead atoms. The van der Waals surface area contributed by atoms with Crippen molar-refractivity contribution in [1.29, 1.82) is 0 Å². The molecule has 0 radical (unpaired) electrons. The van der Waals surface area contributed by atoms with Crippen molar-refractivity contribution < 1.29 is 43.2 Å². The number of esters is 3. The van der Waals surface area contributed by atoms with Gasteiger partial charge in [0, 0.05) is 12.2 Å². The Kier molecular flexibility index (Phi) is 14.4. The zero-order valence-corrected chi connectivity index (χ0v) is 23.3. The standard InChI is InChI=1S/C31H38O9/c1-22(19-31(35)36-4)39-29(33)18-16-28(38-21-26-13-9-6-10-14-26)24(3)40-30(34)17-15-27(23(2)32)37-20-25-11-7-5-8-12-25/h5-18,22-24,27-28,32H,19-21H2,1-4H3/b17-15+,18-16+/t22-,23-,24-,27+,28+/m0/s1. The number of carbonyl (C=O) groups excluding carboxylic acids is 3. The zero-order chi connectivity index (χ0) is 29.3. The maximum atomic E-state index is 12.6. The lowest BCUT2D eigenvalue weighted by atomic mass is 10.2. The van der Waals surface area contributed by atoms with Crippen molar-refractivity contribution in [1.82, 2.24) is 0 Å². The third-order valence-corrected chi connectivity index (χ3v) is 5.65. The summed E-state index contributed by atoms with van der Waals surface area (Å²) in [5, 5.41) is 10.1. The van der Waals surface area contributed by atoms with Gasteiger partial charge in [-0.1, -0.05) is 60.7 Å². The van der Waals surface area contributed by atoms with Gasteiger partial charge in [-0.2, -0.15) is 0 Å². The molecule has 216 valence electrons. The topological polar surface area (TPSA) is 118 Å². The summed E-state index contributed by atoms with van der Waals surface area (Å²) >= 11 is 0. The van der Waals surface area contributed by atoms with Crippen molar-refractivity contribution >= 4 is 17.9 Å². The van der Waals surface area contributed by atoms with Crippen LogP contribution in [-0.4, -0.2) is 60.6 Å². The molecule has 2 rings (SSSR count). The van der Waals surface area contributed by atoms with E-state index >= 15 is 0 Å². The summed E-state index contributed by atoms with van der Waals surface area (Å²) in [4.78, 5) is 36.3. The van der Waals surface area contributed by atoms with Crippen LogP contribution in [0, 0.1) is 0 Å². The molecule has 0 heterocycles. The first-order chi connectivity index (χ1) is 19.2. The highest BCUT2D eigenvalue weighted by atomic mass is 16.6. The van der Waals surface area contributed by atoms with Crippen molar-refractivity contribution in [2.24, 2.45) is 0 Å². The third-order valence-electron chi connectivity index (χ3n) is 5.65. The van der Waals surface area contributed by atoms with Gasteiger partial charge in [-0.05, 0) is 44.1 Å². The molecular formula is C31H38O9. The molecule has 0 aromatic heterocycles. The molecule has 0 fully saturated rings. The van der Waals surface area contributed by atoms with Crippen molar-refractivity contribution in [3.63, 3.8) is 0 Å². The van der Waals surface area contributed by atoms with Crippen LogP contribution in [0.4, 0.5) is 0 Å². The fourth-order valence-electron chi connectivity index (χ4n) is 3.47. The number of methoxy groups -OCH3 is 1. The van der Waals surface area contributed by atoms with E-state index in [2.05, 4.69) is 4.74 Å². The van der Waals surface area contributed by atoms with Gasteiger partial charge in [0.1, 0.15) is 24.4 Å². The van der Waals surface area contributed by atoms with Gasteiger partial charge in [0.15, 0.2) is 0 Å². The van der Waals surface area contributed by atoms with Crippen molar-refractivity contribution in [2.75, 3.05) is 7.11 Å². The van der Waals surface area contributed by atoms with Crippen molar-refractivity contribution in [3.8, 4) is 0 Å². The van der Waals surface area contributed by atoms with Crippen molar-refractivity contribution in [2.45, 2.75) is 70.9 Å². The Morgan fingerprint density at radius 1 is 0.750 bits per heavy atom. The lowest BCUT2D eigenvalue weighted by molar-refractivity contribution is -0.149. The molecule has 2 aromatic carbocycles. The summed E-state index contributed by atoms with van der Waals surface area (Å²) in [6, 6.07) is 18.9. The van der Waals surface area contributed by atoms with E-state index in [9.17, 15) is 19.5 Å². The maximum Gasteiger partial charge on any atom is 0.330 e. The minimum atomic E-state index is -0.859. The van der Waals surface area contributed by atoms with Crippen LogP contribution in [-0.2, 0) is 51.3 Å². The monoisotopic (exact) mass is 554 g/mol. The van der Waals surface area contributed by atoms with Crippen molar-refractivity contribution in [3.05, 3.63) is 96.1 Å². The number of rotatable bonds is 16. The summed E-state index contributed by atoms with van der Waals surface area (Å²) < 4.78 is 27.0. The predicted octanol–water partition coefficient (Wildman–Crippen LogP) is 4.08.